The van der Waals surface area contributed by atoms with Crippen molar-refractivity contribution in [2.45, 2.75) is 34.2 Å². The van der Waals surface area contributed by atoms with E-state index >= 15 is 0 Å². The summed E-state index contributed by atoms with van der Waals surface area (Å²) >= 11 is 1.22. The molecule has 0 saturated carbocycles. The molecule has 0 bridgehead atoms. The van der Waals surface area contributed by atoms with Crippen LogP contribution in [0, 0.1) is 22.5 Å². The van der Waals surface area contributed by atoms with Crippen molar-refractivity contribution in [1.29, 1.82) is 0 Å². The second-order valence-corrected chi connectivity index (χ2v) is 11.3. The highest BCUT2D eigenvalue weighted by Gasteiger charge is 2.22. The van der Waals surface area contributed by atoms with Crippen LogP contribution in [0.25, 0.3) is 12.2 Å². The van der Waals surface area contributed by atoms with Gasteiger partial charge in [-0.15, -0.1) is 11.3 Å². The van der Waals surface area contributed by atoms with Crippen LogP contribution in [0.4, 0.5) is 11.4 Å². The first-order valence-electron chi connectivity index (χ1n) is 12.2. The number of morpholine rings is 1. The van der Waals surface area contributed by atoms with Crippen LogP contribution in [0.2, 0.25) is 0 Å². The minimum Gasteiger partial charge on any atom is -0.378 e. The van der Waals surface area contributed by atoms with Crippen LogP contribution in [0.15, 0.2) is 47.3 Å². The van der Waals surface area contributed by atoms with Gasteiger partial charge in [0.1, 0.15) is 10.4 Å². The molecule has 2 heterocycles. The lowest BCUT2D eigenvalue weighted by Gasteiger charge is -2.28. The zero-order valence-electron chi connectivity index (χ0n) is 21.5. The minimum absolute atomic E-state index is 0.0121. The molecule has 1 aliphatic heterocycles. The Morgan fingerprint density at radius 1 is 1.14 bits per heavy atom. The molecule has 0 spiro atoms. The minimum atomic E-state index is -0.589. The highest BCUT2D eigenvalue weighted by Crippen LogP contribution is 2.30. The normalized spacial score (nSPS) is 15.3. The van der Waals surface area contributed by atoms with Crippen LogP contribution < -0.4 is 19.7 Å². The Balaban J connectivity index is 1.82. The lowest BCUT2D eigenvalue weighted by atomic mass is 9.91. The first kappa shape index (κ1) is 26.5. The van der Waals surface area contributed by atoms with E-state index in [2.05, 4.69) is 0 Å². The molecule has 8 nitrogen and oxygen atoms in total. The van der Waals surface area contributed by atoms with Gasteiger partial charge in [0.15, 0.2) is 5.78 Å². The molecular weight excluding hydrogens is 490 g/mol. The highest BCUT2D eigenvalue weighted by molar-refractivity contribution is 7.07. The molecule has 0 unspecified atom stereocenters. The number of ketones is 1. The molecule has 0 atom stereocenters. The number of hydrogen-bond acceptors (Lipinski definition) is 7. The summed E-state index contributed by atoms with van der Waals surface area (Å²) in [6, 6.07) is 12.9. The Morgan fingerprint density at radius 3 is 2.43 bits per heavy atom. The fourth-order valence-electron chi connectivity index (χ4n) is 4.00. The van der Waals surface area contributed by atoms with E-state index in [-0.39, 0.29) is 17.0 Å². The summed E-state index contributed by atoms with van der Waals surface area (Å²) in [5.41, 5.74) is 2.32. The zero-order chi connectivity index (χ0) is 26.7. The molecule has 3 aromatic rings. The Bertz CT molecular complexity index is 1490. The second kappa shape index (κ2) is 10.8. The van der Waals surface area contributed by atoms with E-state index in [1.54, 1.807) is 22.8 Å². The molecule has 0 amide bonds. The number of carbonyl (C=O) groups excluding carboxylic acids is 1. The maximum Gasteiger partial charge on any atom is 0.293 e. The molecule has 1 aliphatic rings. The largest absolute Gasteiger partial charge is 0.378 e. The maximum absolute atomic E-state index is 13.5. The number of anilines is 1. The number of hydrogen-bond donors (Lipinski definition) is 0. The van der Waals surface area contributed by atoms with Gasteiger partial charge in [-0.1, -0.05) is 56.7 Å². The first-order valence-corrected chi connectivity index (χ1v) is 13.0. The van der Waals surface area contributed by atoms with E-state index in [1.165, 1.54) is 23.5 Å². The summed E-state index contributed by atoms with van der Waals surface area (Å²) in [7, 11) is 0. The number of nitro groups is 1. The first-order chi connectivity index (χ1) is 17.5. The summed E-state index contributed by atoms with van der Waals surface area (Å²) in [5, 5.41) is 11.9. The van der Waals surface area contributed by atoms with Crippen LogP contribution in [0.3, 0.4) is 0 Å². The summed E-state index contributed by atoms with van der Waals surface area (Å²) < 4.78 is 7.93. The molecule has 1 saturated heterocycles. The Labute approximate surface area is 219 Å². The molecule has 0 radical (unpaired) electrons. The molecule has 37 heavy (non-hydrogen) atoms. The fraction of sp³-hybridized carbons (Fsp3) is 0.357. The molecule has 9 heteroatoms. The monoisotopic (exact) mass is 521 g/mol. The highest BCUT2D eigenvalue weighted by atomic mass is 32.1. The number of nitro benzene ring substituents is 1. The van der Waals surface area contributed by atoms with Gasteiger partial charge in [-0.25, -0.2) is 0 Å². The molecular formula is C28H31N3O5S. The van der Waals surface area contributed by atoms with E-state index in [4.69, 9.17) is 4.74 Å². The van der Waals surface area contributed by atoms with Crippen LogP contribution in [0.1, 0.15) is 37.5 Å². The number of rotatable bonds is 6. The topological polar surface area (TPSA) is 94.7 Å². The summed E-state index contributed by atoms with van der Waals surface area (Å²) in [4.78, 5) is 39.7. The van der Waals surface area contributed by atoms with Crippen molar-refractivity contribution < 1.29 is 14.5 Å². The van der Waals surface area contributed by atoms with Crippen molar-refractivity contribution in [2.24, 2.45) is 5.41 Å². The smallest absolute Gasteiger partial charge is 0.293 e. The third kappa shape index (κ3) is 6.23. The number of ether oxygens (including phenoxy) is 1. The molecule has 1 aromatic heterocycles. The lowest BCUT2D eigenvalue weighted by molar-refractivity contribution is -0.384. The maximum atomic E-state index is 13.5. The van der Waals surface area contributed by atoms with Gasteiger partial charge in [-0.3, -0.25) is 24.3 Å². The SMILES string of the molecule is Cc1ccc(Cn2c(=CC(=O)C(C)(C)C)sc(=Cc3ccc(N4CCOCC4)c([N+](=O)[O-])c3)c2=O)cc1. The van der Waals surface area contributed by atoms with Gasteiger partial charge in [0.25, 0.3) is 11.2 Å². The van der Waals surface area contributed by atoms with Crippen molar-refractivity contribution in [2.75, 3.05) is 31.2 Å². The van der Waals surface area contributed by atoms with Gasteiger partial charge in [0.05, 0.1) is 29.2 Å². The quantitative estimate of drug-likeness (QED) is 0.365. The van der Waals surface area contributed by atoms with Crippen LogP contribution in [-0.4, -0.2) is 41.6 Å². The average molecular weight is 522 g/mol. The van der Waals surface area contributed by atoms with E-state index < -0.39 is 10.3 Å². The Kier molecular flexibility index (Phi) is 7.75. The van der Waals surface area contributed by atoms with Gasteiger partial charge in [-0.05, 0) is 30.2 Å². The number of carbonyl (C=O) groups is 1. The van der Waals surface area contributed by atoms with Crippen molar-refractivity contribution in [3.05, 3.63) is 88.8 Å². The van der Waals surface area contributed by atoms with Gasteiger partial charge >= 0.3 is 0 Å². The number of benzene rings is 2. The third-order valence-corrected chi connectivity index (χ3v) is 7.30. The number of Topliss-reactive ketones (excluding diaryl/α,β-unsaturated/α-hetero) is 1. The lowest BCUT2D eigenvalue weighted by Crippen LogP contribution is -2.36. The molecule has 2 aromatic carbocycles. The molecule has 1 fully saturated rings. The van der Waals surface area contributed by atoms with Crippen molar-refractivity contribution in [3.8, 4) is 0 Å². The van der Waals surface area contributed by atoms with Crippen LogP contribution in [-0.2, 0) is 16.1 Å². The van der Waals surface area contributed by atoms with Crippen molar-refractivity contribution in [1.82, 2.24) is 4.57 Å². The fourth-order valence-corrected chi connectivity index (χ4v) is 5.04. The Hall–Kier alpha value is -3.56. The predicted octanol–water partition coefficient (Wildman–Crippen LogP) is 3.24. The van der Waals surface area contributed by atoms with Gasteiger partial charge in [0, 0.05) is 30.6 Å². The van der Waals surface area contributed by atoms with E-state index in [0.29, 0.717) is 53.3 Å². The standard InChI is InChI=1S/C28H31N3O5S/c1-19-5-7-20(8-6-19)18-30-26(17-25(32)28(2,3)4)37-24(27(30)33)16-21-9-10-22(23(15-21)31(34)35)29-11-13-36-14-12-29/h5-10,15-17H,11-14,18H2,1-4H3. The average Bonchev–Trinajstić information content (AvgIpc) is 3.14. The van der Waals surface area contributed by atoms with E-state index in [9.17, 15) is 19.7 Å². The summed E-state index contributed by atoms with van der Waals surface area (Å²) in [6.45, 7) is 10.0. The molecule has 0 N–H and O–H groups in total. The summed E-state index contributed by atoms with van der Waals surface area (Å²) in [5.74, 6) is -0.0801. The van der Waals surface area contributed by atoms with Gasteiger partial charge in [-0.2, -0.15) is 0 Å². The van der Waals surface area contributed by atoms with Crippen molar-refractivity contribution in [3.63, 3.8) is 0 Å². The van der Waals surface area contributed by atoms with Crippen LogP contribution in [0.5, 0.6) is 0 Å². The Morgan fingerprint density at radius 2 is 1.81 bits per heavy atom. The number of thiazole rings is 1. The van der Waals surface area contributed by atoms with E-state index in [0.717, 1.165) is 11.1 Å². The van der Waals surface area contributed by atoms with E-state index in [1.807, 2.05) is 56.9 Å². The molecule has 194 valence electrons. The van der Waals surface area contributed by atoms with Crippen molar-refractivity contribution >= 4 is 40.6 Å². The molecule has 0 aliphatic carbocycles. The number of aryl methyl sites for hydroxylation is 1. The second-order valence-electron chi connectivity index (χ2n) is 10.2. The van der Waals surface area contributed by atoms with Crippen LogP contribution >= 0.6 is 11.3 Å². The molecule has 4 rings (SSSR count). The summed E-state index contributed by atoms with van der Waals surface area (Å²) in [6.07, 6.45) is 3.19. The number of aromatic nitrogens is 1. The zero-order valence-corrected chi connectivity index (χ0v) is 22.3. The van der Waals surface area contributed by atoms with Gasteiger partial charge in [0.2, 0.25) is 0 Å². The number of nitrogens with zero attached hydrogens (tertiary/aromatic N) is 3. The van der Waals surface area contributed by atoms with Gasteiger partial charge < -0.3 is 9.64 Å². The predicted molar refractivity (Wildman–Crippen MR) is 147 cm³/mol. The third-order valence-electron chi connectivity index (χ3n) is 6.24.